The Morgan fingerprint density at radius 3 is 1.53 bits per heavy atom. The van der Waals surface area contributed by atoms with E-state index >= 15 is 0 Å². The molecule has 1 aliphatic heterocycles. The van der Waals surface area contributed by atoms with Crippen LogP contribution < -0.4 is 27.2 Å². The molecule has 0 bridgehead atoms. The molecule has 5 nitrogen and oxygen atoms in total. The van der Waals surface area contributed by atoms with Crippen LogP contribution in [0.3, 0.4) is 0 Å². The van der Waals surface area contributed by atoms with Crippen molar-refractivity contribution in [2.45, 2.75) is 59.0 Å². The summed E-state index contributed by atoms with van der Waals surface area (Å²) in [6.07, 6.45) is 1.93. The van der Waals surface area contributed by atoms with Gasteiger partial charge in [0.05, 0.1) is 11.0 Å². The summed E-state index contributed by atoms with van der Waals surface area (Å²) in [4.78, 5) is 7.44. The van der Waals surface area contributed by atoms with E-state index in [1.54, 1.807) is 0 Å². The Morgan fingerprint density at radius 2 is 0.907 bits per heavy atom. The first kappa shape index (κ1) is 53.1. The topological polar surface area (TPSA) is 35.2 Å². The average molecular weight is 1170 g/mol. The monoisotopic (exact) mass is 1170 g/mol. The van der Waals surface area contributed by atoms with E-state index in [9.17, 15) is 0 Å². The zero-order chi connectivity index (χ0) is 58.3. The molecule has 3 aromatic heterocycles. The molecule has 14 aromatic rings. The van der Waals surface area contributed by atoms with Gasteiger partial charge in [-0.25, -0.2) is 4.98 Å². The third-order valence-corrected chi connectivity index (χ3v) is 27.9. The van der Waals surface area contributed by atoms with Gasteiger partial charge in [-0.3, -0.25) is 4.57 Å². The Labute approximate surface area is 505 Å². The molecule has 15 rings (SSSR count). The van der Waals surface area contributed by atoms with Crippen LogP contribution in [-0.4, -0.2) is 27.4 Å². The molecule has 0 radical (unpaired) electrons. The summed E-state index contributed by atoms with van der Waals surface area (Å²) in [6.45, 7) is 14.4. The van der Waals surface area contributed by atoms with Crippen LogP contribution in [0.4, 0.5) is 11.4 Å². The number of para-hydroxylation sites is 3. The molecule has 0 atom stereocenters. The number of nitrogens with zero attached hydrogens (tertiary/aromatic N) is 4. The van der Waals surface area contributed by atoms with Crippen molar-refractivity contribution >= 4 is 107 Å². The van der Waals surface area contributed by atoms with Crippen LogP contribution in [0.1, 0.15) is 52.7 Å². The van der Waals surface area contributed by atoms with E-state index in [-0.39, 0.29) is 10.8 Å². The number of pyridine rings is 1. The number of aromatic nitrogens is 3. The van der Waals surface area contributed by atoms with E-state index in [1.807, 2.05) is 6.20 Å². The molecule has 4 heterocycles. The van der Waals surface area contributed by atoms with Gasteiger partial charge < -0.3 is 0 Å². The number of ether oxygens (including phenoxy) is 1. The van der Waals surface area contributed by atoms with Crippen molar-refractivity contribution in [2.24, 2.45) is 0 Å². The summed E-state index contributed by atoms with van der Waals surface area (Å²) in [5.41, 5.74) is 11.4. The van der Waals surface area contributed by atoms with E-state index < -0.39 is 13.3 Å². The molecule has 0 amide bonds. The summed E-state index contributed by atoms with van der Waals surface area (Å²) >= 11 is -3.80. The molecule has 0 unspecified atom stereocenters. The zero-order valence-electron chi connectivity index (χ0n) is 49.5. The second-order valence-corrected chi connectivity index (χ2v) is 33.1. The number of fused-ring (bicyclic) bond motifs is 10. The number of hydrogen-bond donors (Lipinski definition) is 0. The maximum absolute atomic E-state index is 7.01. The van der Waals surface area contributed by atoms with Gasteiger partial charge in [0.1, 0.15) is 11.6 Å². The van der Waals surface area contributed by atoms with E-state index in [2.05, 4.69) is 329 Å². The Balaban J connectivity index is 0.953. The Kier molecular flexibility index (Phi) is 12.9. The first-order chi connectivity index (χ1) is 41.9. The van der Waals surface area contributed by atoms with Crippen molar-refractivity contribution < 1.29 is 4.74 Å². The Morgan fingerprint density at radius 1 is 0.384 bits per heavy atom. The molecular formula is C80H66GeN4O. The third kappa shape index (κ3) is 8.86. The van der Waals surface area contributed by atoms with Crippen molar-refractivity contribution in [3.05, 3.63) is 290 Å². The maximum atomic E-state index is 7.01. The fraction of sp³-hybridized carbons (Fsp3) is 0.113. The van der Waals surface area contributed by atoms with Crippen LogP contribution in [-0.2, 0) is 17.5 Å². The average Bonchev–Trinajstić information content (AvgIpc) is 2.75. The quantitative estimate of drug-likeness (QED) is 0.135. The van der Waals surface area contributed by atoms with Crippen molar-refractivity contribution in [1.82, 2.24) is 14.1 Å². The van der Waals surface area contributed by atoms with Gasteiger partial charge in [-0.1, -0.05) is 39.0 Å². The van der Waals surface area contributed by atoms with E-state index in [4.69, 9.17) is 9.72 Å². The molecule has 0 spiro atoms. The van der Waals surface area contributed by atoms with Crippen LogP contribution >= 0.6 is 0 Å². The van der Waals surface area contributed by atoms with Crippen molar-refractivity contribution in [3.8, 4) is 28.4 Å². The first-order valence-electron chi connectivity index (χ1n) is 30.0. The van der Waals surface area contributed by atoms with Gasteiger partial charge in [0.25, 0.3) is 0 Å². The van der Waals surface area contributed by atoms with Gasteiger partial charge in [-0.2, -0.15) is 0 Å². The molecule has 1 aliphatic rings. The van der Waals surface area contributed by atoms with Crippen molar-refractivity contribution in [2.75, 3.05) is 4.90 Å². The first-order valence-corrected chi connectivity index (χ1v) is 34.2. The van der Waals surface area contributed by atoms with Crippen LogP contribution in [0.5, 0.6) is 11.5 Å². The van der Waals surface area contributed by atoms with Gasteiger partial charge in [0.2, 0.25) is 0 Å². The number of benzene rings is 11. The van der Waals surface area contributed by atoms with Crippen LogP contribution in [0.25, 0.3) is 82.1 Å². The van der Waals surface area contributed by atoms with Crippen LogP contribution in [0.15, 0.2) is 279 Å². The Hall–Kier alpha value is -9.69. The molecule has 0 saturated heterocycles. The summed E-state index contributed by atoms with van der Waals surface area (Å²) in [5.74, 6) is 2.40. The minimum absolute atomic E-state index is 0.0345. The van der Waals surface area contributed by atoms with Crippen LogP contribution in [0.2, 0.25) is 0 Å². The van der Waals surface area contributed by atoms with Gasteiger partial charge >= 0.3 is 373 Å². The molecule has 11 aromatic carbocycles. The molecule has 0 fully saturated rings. The molecule has 416 valence electrons. The van der Waals surface area contributed by atoms with E-state index in [0.717, 1.165) is 45.1 Å². The summed E-state index contributed by atoms with van der Waals surface area (Å²) in [6, 6.07) is 102. The molecule has 0 N–H and O–H groups in total. The SMILES string of the molecule is CC(C)(C)c1cc(-c2cccc3c4ccccc4c4ccccc4c4cccc5c4n(c23)CN5c2cccc(Oc3ccc4c5ccccc5n(-c5cc(C(C)(C)C)ccn5)c4c3)c2)c[c]([Ge]([c]2ccccc2)([c]2ccccc2)[c]2ccccc2)c1. The summed E-state index contributed by atoms with van der Waals surface area (Å²) < 4.78 is 17.5. The van der Waals surface area contributed by atoms with Crippen LogP contribution in [0, 0.1) is 0 Å². The second-order valence-electron chi connectivity index (χ2n) is 25.1. The summed E-state index contributed by atoms with van der Waals surface area (Å²) in [5, 5.41) is 9.53. The van der Waals surface area contributed by atoms with Gasteiger partial charge in [-0.15, -0.1) is 0 Å². The van der Waals surface area contributed by atoms with Gasteiger partial charge in [0.15, 0.2) is 0 Å². The van der Waals surface area contributed by atoms with E-state index in [0.29, 0.717) is 6.67 Å². The number of rotatable bonds is 9. The zero-order valence-corrected chi connectivity index (χ0v) is 51.6. The van der Waals surface area contributed by atoms with Gasteiger partial charge in [-0.05, 0) is 41.3 Å². The Bertz CT molecular complexity index is 4930. The second kappa shape index (κ2) is 20.8. The number of hydrogen-bond acceptors (Lipinski definition) is 3. The summed E-state index contributed by atoms with van der Waals surface area (Å²) in [7, 11) is 0. The van der Waals surface area contributed by atoms with Crippen molar-refractivity contribution in [1.29, 1.82) is 0 Å². The molecular weight excluding hydrogens is 1110 g/mol. The fourth-order valence-corrected chi connectivity index (χ4v) is 23.9. The fourth-order valence-electron chi connectivity index (χ4n) is 13.7. The van der Waals surface area contributed by atoms with E-state index in [1.165, 1.54) is 88.6 Å². The standard InChI is InChI=1S/C80H66GeN4O/c1-79(2,3)55-45-46-82-76(50-55)85-73-41-21-20-37-69(73)70-44-43-63(52-75(70)85)86-62-32-22-31-61(51-62)83-53-84-77-64(38-23-39-71(77)67-35-18-16-33-65(67)66-34-17-19-36-68(66)72-40-24-42-74(83)78(72)84)54-47-56(80(4,5)6)49-60(48-54)81(57-25-10-7-11-26-57,58-27-12-8-13-28-58)59-29-14-9-15-30-59/h7-52H,53H2,1-6H3. The molecule has 0 saturated carbocycles. The molecule has 86 heavy (non-hydrogen) atoms. The van der Waals surface area contributed by atoms with Gasteiger partial charge in [0, 0.05) is 23.0 Å². The minimum atomic E-state index is -3.80. The molecule has 0 aliphatic carbocycles. The third-order valence-electron chi connectivity index (χ3n) is 17.9. The van der Waals surface area contributed by atoms with Crippen molar-refractivity contribution in [3.63, 3.8) is 0 Å². The predicted octanol–water partition coefficient (Wildman–Crippen LogP) is 18.3. The normalized spacial score (nSPS) is 12.7. The molecule has 6 heteroatoms. The predicted molar refractivity (Wildman–Crippen MR) is 366 cm³/mol. The number of anilines is 2.